The van der Waals surface area contributed by atoms with E-state index in [2.05, 4.69) is 49.3 Å². The molecule has 2 heterocycles. The van der Waals surface area contributed by atoms with Gasteiger partial charge >= 0.3 is 0 Å². The quantitative estimate of drug-likeness (QED) is 0.660. The van der Waals surface area contributed by atoms with E-state index < -0.39 is 0 Å². The molecule has 0 bridgehead atoms. The minimum atomic E-state index is 0.00123. The molecular weight excluding hydrogens is 362 g/mol. The third kappa shape index (κ3) is 4.19. The Balaban J connectivity index is 1.47. The average molecular weight is 389 g/mol. The second-order valence-electron chi connectivity index (χ2n) is 7.99. The third-order valence-corrected chi connectivity index (χ3v) is 5.58. The summed E-state index contributed by atoms with van der Waals surface area (Å²) in [6, 6.07) is 16.3. The van der Waals surface area contributed by atoms with Gasteiger partial charge in [-0.05, 0) is 40.3 Å². The molecule has 150 valence electrons. The summed E-state index contributed by atoms with van der Waals surface area (Å²) in [5, 5.41) is 4.32. The molecule has 1 unspecified atom stereocenters. The molecule has 0 fully saturated rings. The highest BCUT2D eigenvalue weighted by Gasteiger charge is 2.29. The topological polar surface area (TPSA) is 47.4 Å². The lowest BCUT2D eigenvalue weighted by atomic mass is 9.86. The molecule has 29 heavy (non-hydrogen) atoms. The van der Waals surface area contributed by atoms with Crippen molar-refractivity contribution >= 4 is 5.91 Å². The summed E-state index contributed by atoms with van der Waals surface area (Å²) >= 11 is 0. The zero-order chi connectivity index (χ0) is 20.4. The molecule has 0 N–H and O–H groups in total. The number of ether oxygens (including phenoxy) is 1. The molecule has 2 aromatic carbocycles. The Hall–Kier alpha value is -3.08. The summed E-state index contributed by atoms with van der Waals surface area (Å²) in [7, 11) is 1.92. The van der Waals surface area contributed by atoms with Crippen molar-refractivity contribution in [2.45, 2.75) is 32.2 Å². The Bertz CT molecular complexity index is 991. The van der Waals surface area contributed by atoms with Crippen molar-refractivity contribution in [3.63, 3.8) is 0 Å². The van der Waals surface area contributed by atoms with Crippen molar-refractivity contribution in [3.05, 3.63) is 83.2 Å². The van der Waals surface area contributed by atoms with Crippen molar-refractivity contribution in [1.82, 2.24) is 14.7 Å². The molecule has 1 amide bonds. The number of carbonyl (C=O) groups excluding carboxylic acids is 1. The minimum Gasteiger partial charge on any atom is -0.484 e. The number of fused-ring (bicyclic) bond motifs is 1. The van der Waals surface area contributed by atoms with Gasteiger partial charge in [-0.2, -0.15) is 5.10 Å². The molecule has 1 aliphatic heterocycles. The lowest BCUT2D eigenvalue weighted by Crippen LogP contribution is -2.41. The van der Waals surface area contributed by atoms with Gasteiger partial charge in [0.25, 0.3) is 5.91 Å². The molecule has 5 heteroatoms. The van der Waals surface area contributed by atoms with E-state index in [4.69, 9.17) is 4.74 Å². The fourth-order valence-electron chi connectivity index (χ4n) is 3.89. The van der Waals surface area contributed by atoms with Crippen LogP contribution < -0.4 is 4.74 Å². The molecule has 0 spiro atoms. The lowest BCUT2D eigenvalue weighted by molar-refractivity contribution is -0.134. The van der Waals surface area contributed by atoms with E-state index in [1.165, 1.54) is 16.7 Å². The minimum absolute atomic E-state index is 0.00123. The van der Waals surface area contributed by atoms with Crippen LogP contribution in [0.3, 0.4) is 0 Å². The Morgan fingerprint density at radius 2 is 1.93 bits per heavy atom. The van der Waals surface area contributed by atoms with E-state index >= 15 is 0 Å². The number of rotatable bonds is 5. The van der Waals surface area contributed by atoms with E-state index in [9.17, 15) is 4.79 Å². The zero-order valence-corrected chi connectivity index (χ0v) is 17.2. The van der Waals surface area contributed by atoms with E-state index in [-0.39, 0.29) is 18.4 Å². The van der Waals surface area contributed by atoms with Crippen molar-refractivity contribution < 1.29 is 9.53 Å². The van der Waals surface area contributed by atoms with Crippen LogP contribution in [0.25, 0.3) is 0 Å². The maximum absolute atomic E-state index is 12.9. The van der Waals surface area contributed by atoms with Gasteiger partial charge < -0.3 is 9.64 Å². The van der Waals surface area contributed by atoms with Crippen LogP contribution in [0, 0.1) is 0 Å². The predicted molar refractivity (Wildman–Crippen MR) is 113 cm³/mol. The molecule has 0 saturated heterocycles. The Morgan fingerprint density at radius 3 is 2.62 bits per heavy atom. The van der Waals surface area contributed by atoms with Gasteiger partial charge in [-0.1, -0.05) is 50.2 Å². The van der Waals surface area contributed by atoms with E-state index in [1.54, 1.807) is 0 Å². The molecule has 3 aromatic rings. The maximum Gasteiger partial charge on any atom is 0.260 e. The van der Waals surface area contributed by atoms with Gasteiger partial charge in [0.05, 0.1) is 6.20 Å². The van der Waals surface area contributed by atoms with Crippen molar-refractivity contribution in [1.29, 1.82) is 0 Å². The summed E-state index contributed by atoms with van der Waals surface area (Å²) in [4.78, 5) is 14.8. The van der Waals surface area contributed by atoms with Crippen molar-refractivity contribution in [2.24, 2.45) is 7.05 Å². The first kappa shape index (κ1) is 19.2. The highest BCUT2D eigenvalue weighted by atomic mass is 16.5. The van der Waals surface area contributed by atoms with Crippen LogP contribution in [0.2, 0.25) is 0 Å². The van der Waals surface area contributed by atoms with Crippen LogP contribution in [0.5, 0.6) is 5.75 Å². The Labute approximate surface area is 171 Å². The number of aromatic nitrogens is 2. The smallest absolute Gasteiger partial charge is 0.260 e. The van der Waals surface area contributed by atoms with E-state index in [0.717, 1.165) is 11.3 Å². The number of benzene rings is 2. The van der Waals surface area contributed by atoms with Crippen LogP contribution in [-0.4, -0.2) is 33.7 Å². The summed E-state index contributed by atoms with van der Waals surface area (Å²) in [5.74, 6) is 1.33. The highest BCUT2D eigenvalue weighted by Crippen LogP contribution is 2.33. The fraction of sp³-hybridized carbons (Fsp3) is 0.333. The van der Waals surface area contributed by atoms with Crippen LogP contribution in [0.1, 0.15) is 47.9 Å². The molecule has 1 atom stereocenters. The van der Waals surface area contributed by atoms with Crippen molar-refractivity contribution in [3.8, 4) is 5.75 Å². The first-order valence-corrected chi connectivity index (χ1v) is 10.1. The molecule has 1 aliphatic rings. The number of aryl methyl sites for hydroxylation is 1. The second-order valence-corrected chi connectivity index (χ2v) is 7.99. The summed E-state index contributed by atoms with van der Waals surface area (Å²) in [6.07, 6.45) is 3.92. The Morgan fingerprint density at radius 1 is 1.17 bits per heavy atom. The molecule has 1 aromatic heterocycles. The molecule has 0 aliphatic carbocycles. The van der Waals surface area contributed by atoms with Crippen LogP contribution in [-0.2, 0) is 18.4 Å². The molecular formula is C24H27N3O2. The summed E-state index contributed by atoms with van der Waals surface area (Å²) in [6.45, 7) is 5.61. The van der Waals surface area contributed by atoms with E-state index in [0.29, 0.717) is 19.0 Å². The van der Waals surface area contributed by atoms with Crippen LogP contribution in [0.4, 0.5) is 0 Å². The lowest BCUT2D eigenvalue weighted by Gasteiger charge is -2.34. The first-order chi connectivity index (χ1) is 14.0. The molecule has 0 saturated carbocycles. The van der Waals surface area contributed by atoms with E-state index in [1.807, 2.05) is 47.2 Å². The second kappa shape index (κ2) is 8.11. The van der Waals surface area contributed by atoms with Gasteiger partial charge in [-0.15, -0.1) is 0 Å². The number of hydrogen-bond donors (Lipinski definition) is 0. The molecule has 4 rings (SSSR count). The van der Waals surface area contributed by atoms with Gasteiger partial charge in [0.15, 0.2) is 6.61 Å². The number of carbonyl (C=O) groups is 1. The van der Waals surface area contributed by atoms with Crippen LogP contribution >= 0.6 is 0 Å². The number of amides is 1. The molecule has 0 radical (unpaired) electrons. The van der Waals surface area contributed by atoms with Crippen molar-refractivity contribution in [2.75, 3.05) is 13.2 Å². The van der Waals surface area contributed by atoms with Gasteiger partial charge in [0, 0.05) is 32.3 Å². The monoisotopic (exact) mass is 389 g/mol. The third-order valence-electron chi connectivity index (χ3n) is 5.58. The number of nitrogens with zero attached hydrogens (tertiary/aromatic N) is 3. The maximum atomic E-state index is 12.9. The van der Waals surface area contributed by atoms with Crippen LogP contribution in [0.15, 0.2) is 60.9 Å². The SMILES string of the molecule is CC(C)c1ccc(OCC(=O)N2Cc3ccccc3C(c3cnn(C)c3)C2)cc1. The predicted octanol–water partition coefficient (Wildman–Crippen LogP) is 4.10. The Kier molecular flexibility index (Phi) is 5.38. The molecule has 5 nitrogen and oxygen atoms in total. The standard InChI is InChI=1S/C24H27N3O2/c1-17(2)18-8-10-21(11-9-18)29-16-24(28)27-14-19-6-4-5-7-22(19)23(15-27)20-12-25-26(3)13-20/h4-13,17,23H,14-16H2,1-3H3. The van der Waals surface area contributed by atoms with Gasteiger partial charge in [-0.3, -0.25) is 9.48 Å². The van der Waals surface area contributed by atoms with Gasteiger partial charge in [0.1, 0.15) is 5.75 Å². The average Bonchev–Trinajstić information content (AvgIpc) is 3.17. The van der Waals surface area contributed by atoms with Gasteiger partial charge in [0.2, 0.25) is 0 Å². The largest absolute Gasteiger partial charge is 0.484 e. The summed E-state index contributed by atoms with van der Waals surface area (Å²) in [5.41, 5.74) is 4.84. The van der Waals surface area contributed by atoms with Gasteiger partial charge in [-0.25, -0.2) is 0 Å². The number of hydrogen-bond acceptors (Lipinski definition) is 3. The first-order valence-electron chi connectivity index (χ1n) is 10.1. The normalized spacial score (nSPS) is 16.0. The summed E-state index contributed by atoms with van der Waals surface area (Å²) < 4.78 is 7.59. The fourth-order valence-corrected chi connectivity index (χ4v) is 3.89. The highest BCUT2D eigenvalue weighted by molar-refractivity contribution is 5.78. The zero-order valence-electron chi connectivity index (χ0n) is 17.2.